The minimum absolute atomic E-state index is 0.0431. The zero-order chi connectivity index (χ0) is 20.5. The van der Waals surface area contributed by atoms with Gasteiger partial charge in [-0.05, 0) is 25.7 Å². The summed E-state index contributed by atoms with van der Waals surface area (Å²) in [6.45, 7) is 3.30. The lowest BCUT2D eigenvalue weighted by molar-refractivity contribution is -0.778. The number of carboxylic acids is 1. The average Bonchev–Trinajstić information content (AvgIpc) is 3.03. The summed E-state index contributed by atoms with van der Waals surface area (Å²) in [6, 6.07) is 0. The number of aliphatic imine (C=N–C) groups is 1. The van der Waals surface area contributed by atoms with Gasteiger partial charge in [0, 0.05) is 13.0 Å². The smallest absolute Gasteiger partial charge is 0.360 e. The molecule has 0 spiro atoms. The number of hydrogen-bond donors (Lipinski definition) is 2. The SMILES string of the molecule is CC/C=C/CCCCCCCCCCCCC1=NC=C[N+]1(CCN)CC(=O)O. The lowest BCUT2D eigenvalue weighted by Crippen LogP contribution is -2.52. The van der Waals surface area contributed by atoms with E-state index < -0.39 is 5.97 Å². The second kappa shape index (κ2) is 15.5. The van der Waals surface area contributed by atoms with E-state index in [2.05, 4.69) is 24.1 Å². The van der Waals surface area contributed by atoms with E-state index in [4.69, 9.17) is 5.73 Å². The van der Waals surface area contributed by atoms with E-state index in [-0.39, 0.29) is 6.54 Å². The second-order valence-corrected chi connectivity index (χ2v) is 7.90. The summed E-state index contributed by atoms with van der Waals surface area (Å²) in [4.78, 5) is 15.7. The molecule has 1 aliphatic rings. The molecule has 0 amide bonds. The molecule has 3 N–H and O–H groups in total. The van der Waals surface area contributed by atoms with Crippen molar-refractivity contribution in [2.24, 2.45) is 10.7 Å². The van der Waals surface area contributed by atoms with E-state index >= 15 is 0 Å². The number of carboxylic acid groups (broad SMARTS) is 1. The van der Waals surface area contributed by atoms with Crippen molar-refractivity contribution in [2.75, 3.05) is 19.6 Å². The molecule has 0 bridgehead atoms. The molecule has 0 saturated heterocycles. The van der Waals surface area contributed by atoms with Crippen LogP contribution in [-0.4, -0.2) is 41.0 Å². The Hall–Kier alpha value is -1.46. The number of amidine groups is 1. The maximum absolute atomic E-state index is 11.2. The number of allylic oxidation sites excluding steroid dienone is 2. The van der Waals surface area contributed by atoms with Gasteiger partial charge in [-0.25, -0.2) is 14.3 Å². The first-order valence-electron chi connectivity index (χ1n) is 11.3. The van der Waals surface area contributed by atoms with E-state index in [1.807, 2.05) is 6.20 Å². The largest absolute Gasteiger partial charge is 0.477 e. The third-order valence-electron chi connectivity index (χ3n) is 5.46. The molecule has 0 aliphatic carbocycles. The van der Waals surface area contributed by atoms with Gasteiger partial charge in [0.15, 0.2) is 6.54 Å². The average molecular weight is 393 g/mol. The van der Waals surface area contributed by atoms with Crippen LogP contribution in [0.4, 0.5) is 0 Å². The predicted octanol–water partition coefficient (Wildman–Crippen LogP) is 5.38. The Balaban J connectivity index is 2.04. The van der Waals surface area contributed by atoms with Crippen molar-refractivity contribution in [1.29, 1.82) is 0 Å². The van der Waals surface area contributed by atoms with Gasteiger partial charge in [-0.3, -0.25) is 0 Å². The Labute approximate surface area is 172 Å². The number of quaternary nitrogens is 1. The second-order valence-electron chi connectivity index (χ2n) is 7.90. The van der Waals surface area contributed by atoms with Crippen LogP contribution in [0.1, 0.15) is 90.4 Å². The Morgan fingerprint density at radius 3 is 2.21 bits per heavy atom. The summed E-state index contributed by atoms with van der Waals surface area (Å²) in [6.07, 6.45) is 24.4. The number of carbonyl (C=O) groups is 1. The van der Waals surface area contributed by atoms with E-state index in [0.29, 0.717) is 17.6 Å². The Morgan fingerprint density at radius 2 is 1.64 bits per heavy atom. The molecule has 1 atom stereocenters. The fourth-order valence-corrected chi connectivity index (χ4v) is 3.88. The zero-order valence-electron chi connectivity index (χ0n) is 18.0. The van der Waals surface area contributed by atoms with Crippen LogP contribution < -0.4 is 5.73 Å². The summed E-state index contributed by atoms with van der Waals surface area (Å²) in [5.74, 6) is 0.159. The van der Waals surface area contributed by atoms with Crippen molar-refractivity contribution in [3.63, 3.8) is 0 Å². The zero-order valence-corrected chi connectivity index (χ0v) is 18.0. The minimum Gasteiger partial charge on any atom is -0.477 e. The molecule has 0 saturated carbocycles. The predicted molar refractivity (Wildman–Crippen MR) is 118 cm³/mol. The highest BCUT2D eigenvalue weighted by Crippen LogP contribution is 2.21. The molecule has 0 radical (unpaired) electrons. The number of nitrogens with two attached hydrogens (primary N) is 1. The highest BCUT2D eigenvalue weighted by molar-refractivity contribution is 5.81. The van der Waals surface area contributed by atoms with Gasteiger partial charge in [0.05, 0.1) is 6.20 Å². The van der Waals surface area contributed by atoms with E-state index in [1.165, 1.54) is 64.2 Å². The first-order valence-corrected chi connectivity index (χ1v) is 11.3. The van der Waals surface area contributed by atoms with Crippen molar-refractivity contribution in [3.8, 4) is 0 Å². The van der Waals surface area contributed by atoms with Gasteiger partial charge in [0.25, 0.3) is 0 Å². The number of rotatable bonds is 18. The third-order valence-corrected chi connectivity index (χ3v) is 5.46. The number of hydrogen-bond acceptors (Lipinski definition) is 3. The van der Waals surface area contributed by atoms with Crippen LogP contribution in [0.3, 0.4) is 0 Å². The van der Waals surface area contributed by atoms with Crippen molar-refractivity contribution in [3.05, 3.63) is 24.6 Å². The third kappa shape index (κ3) is 10.2. The standard InChI is InChI=1S/C23H41N3O2/c1-2-3-4-5-6-7-8-9-10-11-12-13-14-15-16-22-25-18-20-26(22,19-17-24)21-23(27)28/h3-4,18,20H,2,5-17,19,21,24H2,1H3/p+1/b4-3+. The van der Waals surface area contributed by atoms with Crippen molar-refractivity contribution >= 4 is 11.8 Å². The van der Waals surface area contributed by atoms with E-state index in [9.17, 15) is 9.90 Å². The minimum atomic E-state index is -0.801. The molecule has 0 aromatic rings. The first kappa shape index (κ1) is 24.6. The van der Waals surface area contributed by atoms with Crippen LogP contribution in [0, 0.1) is 0 Å². The van der Waals surface area contributed by atoms with Gasteiger partial charge >= 0.3 is 5.97 Å². The van der Waals surface area contributed by atoms with Crippen LogP contribution in [0.5, 0.6) is 0 Å². The van der Waals surface area contributed by atoms with Gasteiger partial charge in [-0.1, -0.05) is 70.4 Å². The first-order chi connectivity index (χ1) is 13.6. The van der Waals surface area contributed by atoms with Gasteiger partial charge in [0.1, 0.15) is 12.7 Å². The van der Waals surface area contributed by atoms with Gasteiger partial charge in [0.2, 0.25) is 5.84 Å². The number of nitrogens with zero attached hydrogens (tertiary/aromatic N) is 2. The van der Waals surface area contributed by atoms with Crippen molar-refractivity contribution in [1.82, 2.24) is 0 Å². The summed E-state index contributed by atoms with van der Waals surface area (Å²) in [5, 5.41) is 9.23. The molecular weight excluding hydrogens is 350 g/mol. The molecule has 28 heavy (non-hydrogen) atoms. The van der Waals surface area contributed by atoms with E-state index in [1.54, 1.807) is 6.20 Å². The Morgan fingerprint density at radius 1 is 1.04 bits per heavy atom. The van der Waals surface area contributed by atoms with Crippen LogP contribution in [-0.2, 0) is 4.79 Å². The molecular formula is C23H42N3O2+. The molecule has 1 heterocycles. The fourth-order valence-electron chi connectivity index (χ4n) is 3.88. The molecule has 5 heteroatoms. The molecule has 0 aromatic heterocycles. The molecule has 1 unspecified atom stereocenters. The highest BCUT2D eigenvalue weighted by atomic mass is 16.4. The molecule has 0 aromatic carbocycles. The van der Waals surface area contributed by atoms with E-state index in [0.717, 1.165) is 25.1 Å². The maximum Gasteiger partial charge on any atom is 0.360 e. The van der Waals surface area contributed by atoms with Gasteiger partial charge < -0.3 is 10.8 Å². The topological polar surface area (TPSA) is 75.7 Å². The normalized spacial score (nSPS) is 18.9. The Kier molecular flexibility index (Phi) is 13.6. The molecule has 160 valence electrons. The fraction of sp³-hybridized carbons (Fsp3) is 0.739. The monoisotopic (exact) mass is 392 g/mol. The maximum atomic E-state index is 11.2. The van der Waals surface area contributed by atoms with Crippen molar-refractivity contribution < 1.29 is 14.4 Å². The molecule has 0 fully saturated rings. The summed E-state index contributed by atoms with van der Waals surface area (Å²) in [7, 11) is 0. The number of aliphatic carboxylic acids is 1. The quantitative estimate of drug-likeness (QED) is 0.187. The molecule has 1 aliphatic heterocycles. The molecule has 5 nitrogen and oxygen atoms in total. The summed E-state index contributed by atoms with van der Waals surface area (Å²) in [5.41, 5.74) is 5.71. The summed E-state index contributed by atoms with van der Waals surface area (Å²) >= 11 is 0. The van der Waals surface area contributed by atoms with Crippen LogP contribution >= 0.6 is 0 Å². The van der Waals surface area contributed by atoms with Crippen molar-refractivity contribution in [2.45, 2.75) is 90.4 Å². The lowest BCUT2D eigenvalue weighted by Gasteiger charge is -2.30. The van der Waals surface area contributed by atoms with Crippen LogP contribution in [0.2, 0.25) is 0 Å². The Bertz CT molecular complexity index is 514. The van der Waals surface area contributed by atoms with Gasteiger partial charge in [-0.15, -0.1) is 0 Å². The summed E-state index contributed by atoms with van der Waals surface area (Å²) < 4.78 is 0.306. The number of unbranched alkanes of at least 4 members (excludes halogenated alkanes) is 10. The highest BCUT2D eigenvalue weighted by Gasteiger charge is 2.36. The molecule has 1 rings (SSSR count). The van der Waals surface area contributed by atoms with Gasteiger partial charge in [-0.2, -0.15) is 0 Å². The van der Waals surface area contributed by atoms with Crippen LogP contribution in [0.25, 0.3) is 0 Å². The lowest BCUT2D eigenvalue weighted by atomic mass is 10.0. The van der Waals surface area contributed by atoms with Crippen LogP contribution in [0.15, 0.2) is 29.5 Å².